The van der Waals surface area contributed by atoms with Crippen molar-refractivity contribution in [2.45, 2.75) is 28.6 Å². The lowest BCUT2D eigenvalue weighted by molar-refractivity contribution is -0.116. The fourth-order valence-corrected chi connectivity index (χ4v) is 2.67. The van der Waals surface area contributed by atoms with Crippen LogP contribution in [0.25, 0.3) is 0 Å². The zero-order chi connectivity index (χ0) is 14.6. The number of Topliss-reactive ketones (excluding diaryl/α,β-unsaturated/α-hetero) is 1. The number of thioether (sulfide) groups is 1. The fraction of sp³-hybridized carbons (Fsp3) is 0.333. The van der Waals surface area contributed by atoms with Gasteiger partial charge in [-0.2, -0.15) is 18.4 Å². The van der Waals surface area contributed by atoms with Crippen molar-refractivity contribution in [1.82, 2.24) is 0 Å². The first-order valence-electron chi connectivity index (χ1n) is 5.15. The van der Waals surface area contributed by atoms with Crippen LogP contribution in [0, 0.1) is 11.3 Å². The first-order valence-corrected chi connectivity index (χ1v) is 6.88. The van der Waals surface area contributed by atoms with E-state index >= 15 is 0 Å². The van der Waals surface area contributed by atoms with Gasteiger partial charge in [0.05, 0.1) is 17.3 Å². The summed E-state index contributed by atoms with van der Waals surface area (Å²) in [6.45, 7) is 1.33. The van der Waals surface area contributed by atoms with Crippen LogP contribution in [0.5, 0.6) is 0 Å². The van der Waals surface area contributed by atoms with Crippen molar-refractivity contribution in [1.29, 1.82) is 5.26 Å². The predicted octanol–water partition coefficient (Wildman–Crippen LogP) is 4.39. The molecule has 1 unspecified atom stereocenters. The van der Waals surface area contributed by atoms with E-state index < -0.39 is 10.3 Å². The number of benzene rings is 1. The van der Waals surface area contributed by atoms with E-state index in [0.29, 0.717) is 5.56 Å². The third-order valence-electron chi connectivity index (χ3n) is 2.28. The third kappa shape index (κ3) is 4.55. The lowest BCUT2D eigenvalue weighted by atomic mass is 10.0. The van der Waals surface area contributed by atoms with E-state index in [1.54, 1.807) is 6.07 Å². The summed E-state index contributed by atoms with van der Waals surface area (Å²) >= 11 is 2.86. The van der Waals surface area contributed by atoms with Crippen molar-refractivity contribution in [3.63, 3.8) is 0 Å². The number of ketones is 1. The third-order valence-corrected chi connectivity index (χ3v) is 4.25. The Labute approximate surface area is 121 Å². The second kappa shape index (κ2) is 6.44. The molecule has 0 saturated heterocycles. The van der Waals surface area contributed by atoms with E-state index in [1.807, 2.05) is 6.07 Å². The Balaban J connectivity index is 3.30. The van der Waals surface area contributed by atoms with Gasteiger partial charge in [0.1, 0.15) is 5.78 Å². The molecule has 0 spiro atoms. The van der Waals surface area contributed by atoms with Crippen molar-refractivity contribution >= 4 is 33.5 Å². The van der Waals surface area contributed by atoms with Gasteiger partial charge in [0.25, 0.3) is 0 Å². The van der Waals surface area contributed by atoms with Crippen molar-refractivity contribution in [3.05, 3.63) is 29.3 Å². The average Bonchev–Trinajstić information content (AvgIpc) is 2.28. The van der Waals surface area contributed by atoms with Crippen LogP contribution in [-0.2, 0) is 11.2 Å². The second-order valence-electron chi connectivity index (χ2n) is 3.68. The lowest BCUT2D eigenvalue weighted by Gasteiger charge is -2.15. The van der Waals surface area contributed by atoms with E-state index in [-0.39, 0.29) is 34.4 Å². The molecule has 19 heavy (non-hydrogen) atoms. The first kappa shape index (κ1) is 16.1. The molecule has 1 aromatic carbocycles. The van der Waals surface area contributed by atoms with Gasteiger partial charge in [0.15, 0.2) is 0 Å². The number of rotatable bonds is 4. The van der Waals surface area contributed by atoms with E-state index in [2.05, 4.69) is 15.9 Å². The lowest BCUT2D eigenvalue weighted by Crippen LogP contribution is -2.07. The molecule has 0 aliphatic rings. The Bertz CT molecular complexity index is 525. The summed E-state index contributed by atoms with van der Waals surface area (Å²) in [5, 5.41) is 8.75. The number of hydrogen-bond acceptors (Lipinski definition) is 3. The molecule has 1 atom stereocenters. The van der Waals surface area contributed by atoms with Gasteiger partial charge >= 0.3 is 5.51 Å². The number of carbonyl (C=O) groups excluding carboxylic acids is 1. The van der Waals surface area contributed by atoms with Gasteiger partial charge in [0.2, 0.25) is 0 Å². The van der Waals surface area contributed by atoms with Crippen LogP contribution in [0.4, 0.5) is 13.2 Å². The van der Waals surface area contributed by atoms with Crippen LogP contribution in [0.1, 0.15) is 22.9 Å². The number of hydrogen-bond donors (Lipinski definition) is 0. The number of carbonyl (C=O) groups is 1. The number of halogens is 4. The number of alkyl halides is 4. The predicted molar refractivity (Wildman–Crippen MR) is 70.0 cm³/mol. The molecule has 1 rings (SSSR count). The molecule has 0 fully saturated rings. The van der Waals surface area contributed by atoms with Crippen LogP contribution >= 0.6 is 27.7 Å². The summed E-state index contributed by atoms with van der Waals surface area (Å²) in [7, 11) is 0. The van der Waals surface area contributed by atoms with E-state index in [4.69, 9.17) is 5.26 Å². The molecule has 0 heterocycles. The van der Waals surface area contributed by atoms with Crippen LogP contribution in [0.15, 0.2) is 23.1 Å². The van der Waals surface area contributed by atoms with Gasteiger partial charge in [-0.3, -0.25) is 4.79 Å². The Morgan fingerprint density at radius 3 is 2.63 bits per heavy atom. The zero-order valence-corrected chi connectivity index (χ0v) is 12.2. The summed E-state index contributed by atoms with van der Waals surface area (Å²) in [6.07, 6.45) is -0.177. The monoisotopic (exact) mass is 351 g/mol. The number of nitrogens with zero attached hydrogens (tertiary/aromatic N) is 1. The maximum absolute atomic E-state index is 12.5. The summed E-state index contributed by atoms with van der Waals surface area (Å²) in [5.41, 5.74) is -3.78. The van der Waals surface area contributed by atoms with Gasteiger partial charge < -0.3 is 0 Å². The minimum absolute atomic E-state index is 0.0442. The van der Waals surface area contributed by atoms with Gasteiger partial charge in [0, 0.05) is 4.90 Å². The Morgan fingerprint density at radius 1 is 1.53 bits per heavy atom. The highest BCUT2D eigenvalue weighted by Crippen LogP contribution is 2.41. The van der Waals surface area contributed by atoms with Crippen molar-refractivity contribution in [2.24, 2.45) is 0 Å². The van der Waals surface area contributed by atoms with Crippen LogP contribution in [0.2, 0.25) is 0 Å². The normalized spacial score (nSPS) is 12.8. The summed E-state index contributed by atoms with van der Waals surface area (Å²) < 4.78 is 37.4. The van der Waals surface area contributed by atoms with Gasteiger partial charge in [-0.25, -0.2) is 0 Å². The van der Waals surface area contributed by atoms with E-state index in [0.717, 1.165) is 0 Å². The highest BCUT2D eigenvalue weighted by molar-refractivity contribution is 9.09. The fourth-order valence-electron chi connectivity index (χ4n) is 1.53. The minimum Gasteiger partial charge on any atom is -0.298 e. The van der Waals surface area contributed by atoms with E-state index in [1.165, 1.54) is 19.1 Å². The summed E-state index contributed by atoms with van der Waals surface area (Å²) in [4.78, 5) is 10.6. The molecule has 0 bridgehead atoms. The SMILES string of the molecule is CC(=O)C(Br)c1cccc(SC(F)(F)F)c1CC#N. The molecule has 7 heteroatoms. The molecule has 102 valence electrons. The first-order chi connectivity index (χ1) is 8.76. The molecule has 0 aromatic heterocycles. The molecular formula is C12H9BrF3NOS. The average molecular weight is 352 g/mol. The molecule has 1 aromatic rings. The maximum atomic E-state index is 12.5. The summed E-state index contributed by atoms with van der Waals surface area (Å²) in [5.74, 6) is -0.228. The van der Waals surface area contributed by atoms with Crippen molar-refractivity contribution in [3.8, 4) is 6.07 Å². The molecule has 0 radical (unpaired) electrons. The van der Waals surface area contributed by atoms with Gasteiger partial charge in [-0.15, -0.1) is 0 Å². The molecule has 2 nitrogen and oxygen atoms in total. The van der Waals surface area contributed by atoms with Gasteiger partial charge in [-0.05, 0) is 35.9 Å². The topological polar surface area (TPSA) is 40.9 Å². The standard InChI is InChI=1S/C12H9BrF3NOS/c1-7(18)11(13)9-3-2-4-10(8(9)5-6-17)19-12(14,15)16/h2-4,11H,5H2,1H3. The van der Waals surface area contributed by atoms with Crippen LogP contribution in [-0.4, -0.2) is 11.3 Å². The van der Waals surface area contributed by atoms with Crippen LogP contribution < -0.4 is 0 Å². The van der Waals surface area contributed by atoms with Crippen molar-refractivity contribution < 1.29 is 18.0 Å². The Morgan fingerprint density at radius 2 is 2.16 bits per heavy atom. The largest absolute Gasteiger partial charge is 0.446 e. The minimum atomic E-state index is -4.43. The molecule has 0 N–H and O–H groups in total. The second-order valence-corrected chi connectivity index (χ2v) is 5.70. The molecule has 0 aliphatic carbocycles. The maximum Gasteiger partial charge on any atom is 0.446 e. The quantitative estimate of drug-likeness (QED) is 0.596. The zero-order valence-electron chi connectivity index (χ0n) is 9.79. The summed E-state index contributed by atoms with van der Waals surface area (Å²) in [6, 6.07) is 6.13. The van der Waals surface area contributed by atoms with Gasteiger partial charge in [-0.1, -0.05) is 28.1 Å². The Hall–Kier alpha value is -1.00. The highest BCUT2D eigenvalue weighted by Gasteiger charge is 2.31. The highest BCUT2D eigenvalue weighted by atomic mass is 79.9. The molecule has 0 saturated carbocycles. The van der Waals surface area contributed by atoms with Crippen LogP contribution in [0.3, 0.4) is 0 Å². The van der Waals surface area contributed by atoms with E-state index in [9.17, 15) is 18.0 Å². The number of nitriles is 1. The Kier molecular flexibility index (Phi) is 5.44. The molecule has 0 aliphatic heterocycles. The molecular weight excluding hydrogens is 343 g/mol. The van der Waals surface area contributed by atoms with Crippen molar-refractivity contribution in [2.75, 3.05) is 0 Å². The smallest absolute Gasteiger partial charge is 0.298 e. The molecule has 0 amide bonds.